The molecule has 0 unspecified atom stereocenters. The summed E-state index contributed by atoms with van der Waals surface area (Å²) in [6, 6.07) is 14.6. The van der Waals surface area contributed by atoms with Crippen molar-refractivity contribution in [1.29, 1.82) is 0 Å². The number of carbonyl (C=O) groups excluding carboxylic acids is 1. The van der Waals surface area contributed by atoms with Crippen LogP contribution in [0.2, 0.25) is 0 Å². The molecule has 0 saturated heterocycles. The van der Waals surface area contributed by atoms with Crippen LogP contribution < -0.4 is 5.32 Å². The fourth-order valence-corrected chi connectivity index (χ4v) is 4.21. The molecule has 1 fully saturated rings. The molecule has 1 saturated carbocycles. The normalized spacial score (nSPS) is 16.2. The highest BCUT2D eigenvalue weighted by Crippen LogP contribution is 2.44. The Morgan fingerprint density at radius 2 is 1.73 bits per heavy atom. The summed E-state index contributed by atoms with van der Waals surface area (Å²) in [4.78, 5) is 13.3. The van der Waals surface area contributed by atoms with Gasteiger partial charge in [-0.2, -0.15) is 0 Å². The molecule has 1 amide bonds. The maximum atomic E-state index is 13.1. The van der Waals surface area contributed by atoms with Gasteiger partial charge in [0.1, 0.15) is 0 Å². The van der Waals surface area contributed by atoms with Crippen LogP contribution in [0.25, 0.3) is 0 Å². The van der Waals surface area contributed by atoms with Crippen LogP contribution in [-0.4, -0.2) is 32.7 Å². The molecule has 138 valence electrons. The first-order chi connectivity index (χ1) is 12.3. The Hall–Kier alpha value is -2.18. The van der Waals surface area contributed by atoms with Crippen molar-refractivity contribution < 1.29 is 13.2 Å². The summed E-state index contributed by atoms with van der Waals surface area (Å²) >= 11 is 0. The van der Waals surface area contributed by atoms with Crippen molar-refractivity contribution in [3.63, 3.8) is 0 Å². The number of anilines is 1. The minimum atomic E-state index is -3.55. The predicted molar refractivity (Wildman–Crippen MR) is 103 cm³/mol. The number of benzene rings is 2. The quantitative estimate of drug-likeness (QED) is 0.876. The summed E-state index contributed by atoms with van der Waals surface area (Å²) in [5.74, 6) is -0.0718. The zero-order chi connectivity index (χ0) is 18.9. The largest absolute Gasteiger partial charge is 0.325 e. The van der Waals surface area contributed by atoms with Crippen LogP contribution in [0.1, 0.15) is 30.4 Å². The second kappa shape index (κ2) is 6.85. The van der Waals surface area contributed by atoms with Crippen molar-refractivity contribution >= 4 is 21.6 Å². The van der Waals surface area contributed by atoms with Gasteiger partial charge in [0.25, 0.3) is 0 Å². The first-order valence-electron chi connectivity index (χ1n) is 8.67. The van der Waals surface area contributed by atoms with Gasteiger partial charge in [-0.15, -0.1) is 0 Å². The van der Waals surface area contributed by atoms with Gasteiger partial charge in [0.05, 0.1) is 10.3 Å². The number of carbonyl (C=O) groups is 1. The van der Waals surface area contributed by atoms with E-state index in [1.54, 1.807) is 18.2 Å². The van der Waals surface area contributed by atoms with E-state index >= 15 is 0 Å². The van der Waals surface area contributed by atoms with Gasteiger partial charge < -0.3 is 5.32 Å². The van der Waals surface area contributed by atoms with Gasteiger partial charge >= 0.3 is 0 Å². The number of sulfonamides is 1. The third-order valence-electron chi connectivity index (χ3n) is 5.20. The Morgan fingerprint density at radius 1 is 1.08 bits per heavy atom. The molecule has 1 aliphatic carbocycles. The van der Waals surface area contributed by atoms with Crippen molar-refractivity contribution in [2.24, 2.45) is 0 Å². The van der Waals surface area contributed by atoms with Crippen molar-refractivity contribution in [2.45, 2.75) is 36.5 Å². The number of hydrogen-bond donors (Lipinski definition) is 1. The SMILES string of the molecule is Cc1ccc(S(=O)(=O)N(C)C)cc1NC(=O)C1(c2ccccc2)CCC1. The van der Waals surface area contributed by atoms with Crippen LogP contribution in [0.4, 0.5) is 5.69 Å². The minimum Gasteiger partial charge on any atom is -0.325 e. The van der Waals surface area contributed by atoms with Crippen LogP contribution >= 0.6 is 0 Å². The van der Waals surface area contributed by atoms with E-state index in [1.807, 2.05) is 37.3 Å². The number of aryl methyl sites for hydroxylation is 1. The van der Waals surface area contributed by atoms with Crippen LogP contribution in [0, 0.1) is 6.92 Å². The zero-order valence-corrected chi connectivity index (χ0v) is 16.1. The van der Waals surface area contributed by atoms with Gasteiger partial charge in [0.2, 0.25) is 15.9 Å². The highest BCUT2D eigenvalue weighted by atomic mass is 32.2. The van der Waals surface area contributed by atoms with Gasteiger partial charge in [-0.3, -0.25) is 4.79 Å². The molecule has 0 aromatic heterocycles. The minimum absolute atomic E-state index is 0.0718. The van der Waals surface area contributed by atoms with Gasteiger partial charge in [-0.25, -0.2) is 12.7 Å². The molecule has 0 spiro atoms. The average molecular weight is 372 g/mol. The van der Waals surface area contributed by atoms with Crippen LogP contribution in [0.15, 0.2) is 53.4 Å². The van der Waals surface area contributed by atoms with Crippen LogP contribution in [0.5, 0.6) is 0 Å². The van der Waals surface area contributed by atoms with E-state index in [0.717, 1.165) is 30.4 Å². The molecular formula is C20H24N2O3S. The fourth-order valence-electron chi connectivity index (χ4n) is 3.28. The number of nitrogens with one attached hydrogen (secondary N) is 1. The molecule has 6 heteroatoms. The number of hydrogen-bond acceptors (Lipinski definition) is 3. The molecule has 3 rings (SSSR count). The highest BCUT2D eigenvalue weighted by molar-refractivity contribution is 7.89. The summed E-state index contributed by atoms with van der Waals surface area (Å²) in [7, 11) is -0.565. The summed E-state index contributed by atoms with van der Waals surface area (Å²) in [6.45, 7) is 1.86. The summed E-state index contributed by atoms with van der Waals surface area (Å²) in [5, 5.41) is 2.98. The van der Waals surface area contributed by atoms with Crippen molar-refractivity contribution in [3.8, 4) is 0 Å². The molecule has 0 aliphatic heterocycles. The van der Waals surface area contributed by atoms with E-state index in [2.05, 4.69) is 5.32 Å². The Morgan fingerprint density at radius 3 is 2.27 bits per heavy atom. The maximum Gasteiger partial charge on any atom is 0.242 e. The topological polar surface area (TPSA) is 66.5 Å². The third-order valence-corrected chi connectivity index (χ3v) is 7.02. The van der Waals surface area contributed by atoms with Gasteiger partial charge in [0.15, 0.2) is 0 Å². The molecule has 0 heterocycles. The van der Waals surface area contributed by atoms with Gasteiger partial charge in [-0.05, 0) is 43.0 Å². The second-order valence-corrected chi connectivity index (χ2v) is 9.17. The molecular weight excluding hydrogens is 348 g/mol. The van der Waals surface area contributed by atoms with Crippen molar-refractivity contribution in [3.05, 3.63) is 59.7 Å². The highest BCUT2D eigenvalue weighted by Gasteiger charge is 2.45. The summed E-state index contributed by atoms with van der Waals surface area (Å²) in [6.07, 6.45) is 2.62. The zero-order valence-electron chi connectivity index (χ0n) is 15.3. The monoisotopic (exact) mass is 372 g/mol. The average Bonchev–Trinajstić information content (AvgIpc) is 2.56. The van der Waals surface area contributed by atoms with E-state index in [4.69, 9.17) is 0 Å². The van der Waals surface area contributed by atoms with E-state index in [-0.39, 0.29) is 10.8 Å². The van der Waals surface area contributed by atoms with Crippen molar-refractivity contribution in [2.75, 3.05) is 19.4 Å². The van der Waals surface area contributed by atoms with E-state index in [9.17, 15) is 13.2 Å². The Bertz CT molecular complexity index is 917. The van der Waals surface area contributed by atoms with E-state index in [1.165, 1.54) is 18.4 Å². The van der Waals surface area contributed by atoms with Crippen molar-refractivity contribution in [1.82, 2.24) is 4.31 Å². The molecule has 1 N–H and O–H groups in total. The Kier molecular flexibility index (Phi) is 4.90. The lowest BCUT2D eigenvalue weighted by atomic mass is 9.64. The fraction of sp³-hybridized carbons (Fsp3) is 0.350. The van der Waals surface area contributed by atoms with Crippen LogP contribution in [-0.2, 0) is 20.2 Å². The molecule has 2 aromatic rings. The standard InChI is InChI=1S/C20H24N2O3S/c1-15-10-11-17(26(24,25)22(2)3)14-18(15)21-19(23)20(12-7-13-20)16-8-5-4-6-9-16/h4-6,8-11,14H,7,12-13H2,1-3H3,(H,21,23). The van der Waals surface area contributed by atoms with E-state index < -0.39 is 15.4 Å². The number of nitrogens with zero attached hydrogens (tertiary/aromatic N) is 1. The first kappa shape index (κ1) is 18.6. The molecule has 5 nitrogen and oxygen atoms in total. The molecule has 1 aliphatic rings. The summed E-state index contributed by atoms with van der Waals surface area (Å²) in [5.41, 5.74) is 1.86. The molecule has 0 bridgehead atoms. The molecule has 2 aromatic carbocycles. The lowest BCUT2D eigenvalue weighted by Crippen LogP contribution is -2.46. The lowest BCUT2D eigenvalue weighted by molar-refractivity contribution is -0.124. The smallest absolute Gasteiger partial charge is 0.242 e. The third kappa shape index (κ3) is 3.15. The van der Waals surface area contributed by atoms with E-state index in [0.29, 0.717) is 5.69 Å². The number of amides is 1. The Balaban J connectivity index is 1.92. The predicted octanol–water partition coefficient (Wildman–Crippen LogP) is 3.31. The maximum absolute atomic E-state index is 13.1. The molecule has 0 atom stereocenters. The Labute approximate surface area is 155 Å². The lowest BCUT2D eigenvalue weighted by Gasteiger charge is -2.40. The molecule has 0 radical (unpaired) electrons. The van der Waals surface area contributed by atoms with Gasteiger partial charge in [-0.1, -0.05) is 42.8 Å². The first-order valence-corrected chi connectivity index (χ1v) is 10.1. The van der Waals surface area contributed by atoms with Gasteiger partial charge in [0, 0.05) is 19.8 Å². The van der Waals surface area contributed by atoms with Crippen LogP contribution in [0.3, 0.4) is 0 Å². The number of rotatable bonds is 5. The summed E-state index contributed by atoms with van der Waals surface area (Å²) < 4.78 is 25.9. The second-order valence-electron chi connectivity index (χ2n) is 7.02. The molecule has 26 heavy (non-hydrogen) atoms.